The fourth-order valence-corrected chi connectivity index (χ4v) is 8.95. The number of hydrogen-bond acceptors (Lipinski definition) is 1. The van der Waals surface area contributed by atoms with Gasteiger partial charge in [0.1, 0.15) is 11.2 Å². The minimum absolute atomic E-state index is 0.901. The fourth-order valence-electron chi connectivity index (χ4n) is 8.95. The molecule has 3 nitrogen and oxygen atoms in total. The first-order chi connectivity index (χ1) is 27.3. The van der Waals surface area contributed by atoms with Crippen molar-refractivity contribution in [3.63, 3.8) is 0 Å². The maximum atomic E-state index is 6.23. The second-order valence-corrected chi connectivity index (χ2v) is 14.5. The molecule has 0 bridgehead atoms. The summed E-state index contributed by atoms with van der Waals surface area (Å²) in [5, 5.41) is 9.67. The van der Waals surface area contributed by atoms with Crippen molar-refractivity contribution in [1.29, 1.82) is 0 Å². The van der Waals surface area contributed by atoms with Gasteiger partial charge in [-0.3, -0.25) is 0 Å². The van der Waals surface area contributed by atoms with Gasteiger partial charge in [-0.05, 0) is 94.4 Å². The Balaban J connectivity index is 1.08. The highest BCUT2D eigenvalue weighted by molar-refractivity contribution is 6.20. The summed E-state index contributed by atoms with van der Waals surface area (Å²) in [6.45, 7) is 0. The van der Waals surface area contributed by atoms with Crippen molar-refractivity contribution >= 4 is 76.3 Å². The SMILES string of the molecule is c1ccc(-c2ccc3c4cc(-c5ccc6c(c5)c5ccc7ccccc7c5n6-c5ccc6oc7ccccc7c6c5)ccc4n(-c4ccccc4)c3c2)cc1. The summed E-state index contributed by atoms with van der Waals surface area (Å²) < 4.78 is 11.1. The van der Waals surface area contributed by atoms with Gasteiger partial charge >= 0.3 is 0 Å². The highest BCUT2D eigenvalue weighted by Crippen LogP contribution is 2.42. The van der Waals surface area contributed by atoms with Gasteiger partial charge in [0.25, 0.3) is 0 Å². The van der Waals surface area contributed by atoms with Crippen LogP contribution >= 0.6 is 0 Å². The molecule has 3 heteroatoms. The lowest BCUT2D eigenvalue weighted by atomic mass is 9.99. The minimum atomic E-state index is 0.901. The van der Waals surface area contributed by atoms with Crippen molar-refractivity contribution in [1.82, 2.24) is 9.13 Å². The van der Waals surface area contributed by atoms with Crippen LogP contribution in [0.15, 0.2) is 199 Å². The maximum absolute atomic E-state index is 6.23. The molecule has 0 spiro atoms. The number of furan rings is 1. The lowest BCUT2D eigenvalue weighted by molar-refractivity contribution is 0.669. The third-order valence-electron chi connectivity index (χ3n) is 11.5. The zero-order valence-corrected chi connectivity index (χ0v) is 29.8. The van der Waals surface area contributed by atoms with E-state index < -0.39 is 0 Å². The third kappa shape index (κ3) is 4.50. The Hall–Kier alpha value is -7.36. The number of para-hydroxylation sites is 2. The Labute approximate surface area is 316 Å². The number of aromatic nitrogens is 2. The predicted octanol–water partition coefficient (Wildman–Crippen LogP) is 14.3. The topological polar surface area (TPSA) is 23.0 Å². The number of rotatable bonds is 4. The monoisotopic (exact) mass is 700 g/mol. The van der Waals surface area contributed by atoms with E-state index in [9.17, 15) is 0 Å². The first kappa shape index (κ1) is 30.1. The van der Waals surface area contributed by atoms with Gasteiger partial charge in [0.05, 0.1) is 22.1 Å². The van der Waals surface area contributed by atoms with Crippen molar-refractivity contribution in [2.75, 3.05) is 0 Å². The normalized spacial score (nSPS) is 12.0. The van der Waals surface area contributed by atoms with E-state index in [4.69, 9.17) is 4.42 Å². The molecule has 0 aliphatic carbocycles. The molecule has 0 radical (unpaired) electrons. The number of fused-ring (bicyclic) bond motifs is 11. The molecule has 12 rings (SSSR count). The minimum Gasteiger partial charge on any atom is -0.456 e. The third-order valence-corrected chi connectivity index (χ3v) is 11.5. The summed E-state index contributed by atoms with van der Waals surface area (Å²) in [4.78, 5) is 0. The zero-order valence-electron chi connectivity index (χ0n) is 29.8. The van der Waals surface area contributed by atoms with Crippen LogP contribution in [0.5, 0.6) is 0 Å². The molecule has 0 atom stereocenters. The van der Waals surface area contributed by atoms with Gasteiger partial charge in [0.2, 0.25) is 0 Å². The van der Waals surface area contributed by atoms with Crippen LogP contribution in [0.2, 0.25) is 0 Å². The van der Waals surface area contributed by atoms with E-state index in [1.54, 1.807) is 0 Å². The largest absolute Gasteiger partial charge is 0.456 e. The lowest BCUT2D eigenvalue weighted by Crippen LogP contribution is -1.94. The number of hydrogen-bond donors (Lipinski definition) is 0. The van der Waals surface area contributed by atoms with Crippen LogP contribution in [0.1, 0.15) is 0 Å². The van der Waals surface area contributed by atoms with E-state index in [1.807, 2.05) is 12.1 Å². The molecule has 0 N–H and O–H groups in total. The molecule has 3 heterocycles. The average molecular weight is 701 g/mol. The van der Waals surface area contributed by atoms with Crippen LogP contribution < -0.4 is 0 Å². The second-order valence-electron chi connectivity index (χ2n) is 14.5. The second kappa shape index (κ2) is 11.6. The zero-order chi connectivity index (χ0) is 36.0. The molecular formula is C52H32N2O. The molecular weight excluding hydrogens is 669 g/mol. The molecule has 256 valence electrons. The van der Waals surface area contributed by atoms with Gasteiger partial charge in [-0.1, -0.05) is 127 Å². The van der Waals surface area contributed by atoms with Crippen molar-refractivity contribution in [3.8, 4) is 33.6 Å². The summed E-state index contributed by atoms with van der Waals surface area (Å²) in [6.07, 6.45) is 0. The van der Waals surface area contributed by atoms with Gasteiger partial charge in [-0.2, -0.15) is 0 Å². The van der Waals surface area contributed by atoms with Gasteiger partial charge in [-0.15, -0.1) is 0 Å². The number of benzene rings is 9. The first-order valence-corrected chi connectivity index (χ1v) is 18.8. The fraction of sp³-hybridized carbons (Fsp3) is 0. The van der Waals surface area contributed by atoms with Gasteiger partial charge in [0.15, 0.2) is 0 Å². The molecule has 0 saturated heterocycles. The average Bonchev–Trinajstić information content (AvgIpc) is 3.91. The highest BCUT2D eigenvalue weighted by atomic mass is 16.3. The lowest BCUT2D eigenvalue weighted by Gasteiger charge is -2.11. The smallest absolute Gasteiger partial charge is 0.135 e. The molecule has 0 fully saturated rings. The first-order valence-electron chi connectivity index (χ1n) is 18.8. The van der Waals surface area contributed by atoms with Gasteiger partial charge in [0, 0.05) is 49.1 Å². The molecule has 0 unspecified atom stereocenters. The summed E-state index contributed by atoms with van der Waals surface area (Å²) in [7, 11) is 0. The van der Waals surface area contributed by atoms with Crippen molar-refractivity contribution in [2.24, 2.45) is 0 Å². The summed E-state index contributed by atoms with van der Waals surface area (Å²) in [5.74, 6) is 0. The molecule has 3 aromatic heterocycles. The van der Waals surface area contributed by atoms with Crippen LogP contribution in [-0.4, -0.2) is 9.13 Å². The van der Waals surface area contributed by atoms with E-state index in [0.29, 0.717) is 0 Å². The number of nitrogens with zero attached hydrogens (tertiary/aromatic N) is 2. The summed E-state index contributed by atoms with van der Waals surface area (Å²) in [5.41, 5.74) is 13.7. The van der Waals surface area contributed by atoms with Crippen molar-refractivity contribution < 1.29 is 4.42 Å². The van der Waals surface area contributed by atoms with Gasteiger partial charge < -0.3 is 13.6 Å². The Morgan fingerprint density at radius 3 is 1.73 bits per heavy atom. The molecule has 55 heavy (non-hydrogen) atoms. The van der Waals surface area contributed by atoms with Crippen LogP contribution in [0.3, 0.4) is 0 Å². The molecule has 12 aromatic rings. The molecule has 0 amide bonds. The molecule has 9 aromatic carbocycles. The Bertz CT molecular complexity index is 3470. The van der Waals surface area contributed by atoms with Gasteiger partial charge in [-0.25, -0.2) is 0 Å². The molecule has 0 aliphatic heterocycles. The Morgan fingerprint density at radius 1 is 0.291 bits per heavy atom. The quantitative estimate of drug-likeness (QED) is 0.179. The van der Waals surface area contributed by atoms with E-state index in [-0.39, 0.29) is 0 Å². The summed E-state index contributed by atoms with van der Waals surface area (Å²) in [6, 6.07) is 70.4. The van der Waals surface area contributed by atoms with Crippen LogP contribution in [0.4, 0.5) is 0 Å². The predicted molar refractivity (Wildman–Crippen MR) is 231 cm³/mol. The van der Waals surface area contributed by atoms with E-state index in [0.717, 1.165) is 33.3 Å². The van der Waals surface area contributed by atoms with Crippen molar-refractivity contribution in [2.45, 2.75) is 0 Å². The van der Waals surface area contributed by atoms with Crippen LogP contribution in [0.25, 0.3) is 110 Å². The van der Waals surface area contributed by atoms with E-state index >= 15 is 0 Å². The maximum Gasteiger partial charge on any atom is 0.135 e. The Morgan fingerprint density at radius 2 is 0.909 bits per heavy atom. The standard InChI is InChI=1S/C52H32N2O/c1-3-11-33(12-4-1)37-20-24-41-44-29-35(21-26-47(44)53(49(41)31-37)38-14-5-2-6-15-38)36-22-27-48-45(30-36)43-25-19-34-13-7-8-16-40(34)52(43)54(48)39-23-28-51-46(32-39)42-17-9-10-18-50(42)55-51/h1-32H. The van der Waals surface area contributed by atoms with Crippen LogP contribution in [-0.2, 0) is 0 Å². The summed E-state index contributed by atoms with van der Waals surface area (Å²) >= 11 is 0. The van der Waals surface area contributed by atoms with E-state index in [1.165, 1.54) is 76.6 Å². The van der Waals surface area contributed by atoms with Crippen LogP contribution in [0, 0.1) is 0 Å². The van der Waals surface area contributed by atoms with E-state index in [2.05, 4.69) is 191 Å². The Kier molecular flexibility index (Phi) is 6.34. The molecule has 0 saturated carbocycles. The molecule has 0 aliphatic rings. The van der Waals surface area contributed by atoms with Crippen molar-refractivity contribution in [3.05, 3.63) is 194 Å². The highest BCUT2D eigenvalue weighted by Gasteiger charge is 2.19.